The maximum absolute atomic E-state index is 14.4. The van der Waals surface area contributed by atoms with Crippen molar-refractivity contribution >= 4 is 28.7 Å². The van der Waals surface area contributed by atoms with E-state index in [9.17, 15) is 13.6 Å². The second kappa shape index (κ2) is 10.3. The number of ether oxygens (including phenoxy) is 2. The zero-order chi connectivity index (χ0) is 27.9. The van der Waals surface area contributed by atoms with E-state index in [1.165, 1.54) is 30.0 Å². The Bertz CT molecular complexity index is 1520. The van der Waals surface area contributed by atoms with Crippen molar-refractivity contribution in [3.8, 4) is 11.5 Å². The maximum atomic E-state index is 14.4. The Hall–Kier alpha value is -3.93. The van der Waals surface area contributed by atoms with Crippen LogP contribution in [0.5, 0.6) is 11.5 Å². The molecule has 206 valence electrons. The molecule has 5 heterocycles. The highest BCUT2D eigenvalue weighted by molar-refractivity contribution is 5.82. The van der Waals surface area contributed by atoms with Crippen molar-refractivity contribution in [2.75, 3.05) is 18.5 Å². The molecule has 0 aliphatic carbocycles. The van der Waals surface area contributed by atoms with E-state index in [-0.39, 0.29) is 51.9 Å². The molecule has 12 heteroatoms. The second-order valence-corrected chi connectivity index (χ2v) is 10.7. The number of anilines is 2. The van der Waals surface area contributed by atoms with Crippen molar-refractivity contribution in [3.05, 3.63) is 47.5 Å². The lowest BCUT2D eigenvalue weighted by Gasteiger charge is -2.22. The third-order valence-electron chi connectivity index (χ3n) is 6.56. The molecule has 0 spiro atoms. The van der Waals surface area contributed by atoms with Crippen molar-refractivity contribution in [2.45, 2.75) is 58.4 Å². The van der Waals surface area contributed by atoms with Crippen LogP contribution in [-0.2, 0) is 28.4 Å². The summed E-state index contributed by atoms with van der Waals surface area (Å²) in [4.78, 5) is 24.4. The fourth-order valence-corrected chi connectivity index (χ4v) is 4.71. The van der Waals surface area contributed by atoms with Crippen LogP contribution in [0.15, 0.2) is 30.6 Å². The molecular formula is C27H31F2N7O3. The number of nitrogens with one attached hydrogen (secondary N) is 1. The van der Waals surface area contributed by atoms with Gasteiger partial charge in [-0.3, -0.25) is 14.5 Å². The number of imidazole rings is 1. The monoisotopic (exact) mass is 539 g/mol. The van der Waals surface area contributed by atoms with Crippen LogP contribution in [-0.4, -0.2) is 48.3 Å². The Labute approximate surface area is 224 Å². The number of fused-ring (bicyclic) bond motifs is 1. The zero-order valence-electron chi connectivity index (χ0n) is 22.5. The van der Waals surface area contributed by atoms with Crippen molar-refractivity contribution in [3.63, 3.8) is 0 Å². The molecule has 0 bridgehead atoms. The summed E-state index contributed by atoms with van der Waals surface area (Å²) in [6, 6.07) is 5.18. The van der Waals surface area contributed by atoms with Crippen molar-refractivity contribution in [2.24, 2.45) is 7.05 Å². The molecule has 10 nitrogen and oxygen atoms in total. The first-order chi connectivity index (χ1) is 18.5. The van der Waals surface area contributed by atoms with Gasteiger partial charge >= 0.3 is 0 Å². The van der Waals surface area contributed by atoms with Crippen LogP contribution in [0.4, 0.5) is 20.5 Å². The van der Waals surface area contributed by atoms with Gasteiger partial charge in [-0.15, -0.1) is 0 Å². The molecule has 0 radical (unpaired) electrons. The first-order valence-corrected chi connectivity index (χ1v) is 12.7. The molecule has 0 saturated carbocycles. The Morgan fingerprint density at radius 2 is 2.08 bits per heavy atom. The molecule has 0 aromatic carbocycles. The lowest BCUT2D eigenvalue weighted by Crippen LogP contribution is -2.22. The first-order valence-electron chi connectivity index (χ1n) is 12.7. The molecule has 1 aliphatic rings. The molecule has 4 aromatic heterocycles. The van der Waals surface area contributed by atoms with Gasteiger partial charge in [-0.05, 0) is 19.4 Å². The Kier molecular flexibility index (Phi) is 7.06. The van der Waals surface area contributed by atoms with Gasteiger partial charge in [-0.2, -0.15) is 10.1 Å². The van der Waals surface area contributed by atoms with Crippen LogP contribution in [0.1, 0.15) is 63.5 Å². The summed E-state index contributed by atoms with van der Waals surface area (Å²) in [5, 5.41) is 7.97. The number of halogens is 2. The number of alkyl halides is 2. The molecule has 0 amide bonds. The highest BCUT2D eigenvalue weighted by Gasteiger charge is 2.29. The summed E-state index contributed by atoms with van der Waals surface area (Å²) in [6.07, 6.45) is 0.831. The van der Waals surface area contributed by atoms with E-state index in [2.05, 4.69) is 41.0 Å². The smallest absolute Gasteiger partial charge is 0.269 e. The van der Waals surface area contributed by atoms with Crippen molar-refractivity contribution in [1.29, 1.82) is 0 Å². The SMILES string of the molecule is CC(=O)Cc1cc(Oc2cnc3nc(Nc4cc(C(C)(C)C)n(C5CCOC5)n4)n(C)c3c2C(F)F)ccn1. The zero-order valence-corrected chi connectivity index (χ0v) is 22.5. The standard InChI is InChI=1S/C27H31F2N7O3/c1-15(37)10-16-11-18(6-8-30-16)39-19-13-31-25-23(22(19)24(28)29)35(5)26(33-25)32-21-12-20(27(2,3)4)36(34-21)17-7-9-38-14-17/h6,8,11-13,17,24H,7,9-10,14H2,1-5H3,(H,31,32,33,34). The largest absolute Gasteiger partial charge is 0.455 e. The van der Waals surface area contributed by atoms with E-state index in [4.69, 9.17) is 14.6 Å². The summed E-state index contributed by atoms with van der Waals surface area (Å²) in [6.45, 7) is 9.07. The Morgan fingerprint density at radius 3 is 2.74 bits per heavy atom. The van der Waals surface area contributed by atoms with Gasteiger partial charge in [0, 0.05) is 49.5 Å². The van der Waals surface area contributed by atoms with Gasteiger partial charge in [-0.1, -0.05) is 20.8 Å². The number of carbonyl (C=O) groups excluding carboxylic acids is 1. The van der Waals surface area contributed by atoms with E-state index in [1.54, 1.807) is 13.1 Å². The minimum absolute atomic E-state index is 0.0676. The molecule has 1 saturated heterocycles. The van der Waals surface area contributed by atoms with Crippen LogP contribution in [0.25, 0.3) is 11.2 Å². The quantitative estimate of drug-likeness (QED) is 0.316. The van der Waals surface area contributed by atoms with E-state index in [1.807, 2.05) is 10.7 Å². The van der Waals surface area contributed by atoms with Gasteiger partial charge in [0.05, 0.1) is 30.1 Å². The van der Waals surface area contributed by atoms with Gasteiger partial charge < -0.3 is 19.4 Å². The van der Waals surface area contributed by atoms with Gasteiger partial charge in [0.25, 0.3) is 6.43 Å². The highest BCUT2D eigenvalue weighted by atomic mass is 19.3. The Morgan fingerprint density at radius 1 is 1.28 bits per heavy atom. The van der Waals surface area contributed by atoms with Crippen LogP contribution < -0.4 is 10.1 Å². The molecule has 1 fully saturated rings. The molecule has 1 aliphatic heterocycles. The third kappa shape index (κ3) is 5.47. The first kappa shape index (κ1) is 26.7. The van der Waals surface area contributed by atoms with Gasteiger partial charge in [0.2, 0.25) is 5.95 Å². The van der Waals surface area contributed by atoms with E-state index in [0.29, 0.717) is 30.7 Å². The normalized spacial score (nSPS) is 15.8. The topological polar surface area (TPSA) is 109 Å². The number of ketones is 1. The molecular weight excluding hydrogens is 508 g/mol. The number of aryl methyl sites for hydroxylation is 1. The highest BCUT2D eigenvalue weighted by Crippen LogP contribution is 2.38. The van der Waals surface area contributed by atoms with Crippen molar-refractivity contribution < 1.29 is 23.0 Å². The van der Waals surface area contributed by atoms with Crippen LogP contribution >= 0.6 is 0 Å². The number of rotatable bonds is 8. The minimum Gasteiger partial charge on any atom is -0.455 e. The lowest BCUT2D eigenvalue weighted by atomic mass is 9.91. The van der Waals surface area contributed by atoms with Crippen LogP contribution in [0.2, 0.25) is 0 Å². The third-order valence-corrected chi connectivity index (χ3v) is 6.56. The number of pyridine rings is 2. The van der Waals surface area contributed by atoms with E-state index >= 15 is 0 Å². The molecule has 39 heavy (non-hydrogen) atoms. The number of Topliss-reactive ketones (excluding diaryl/α,β-unsaturated/α-hetero) is 1. The summed E-state index contributed by atoms with van der Waals surface area (Å²) in [7, 11) is 1.64. The number of hydrogen-bond donors (Lipinski definition) is 1. The molecule has 5 rings (SSSR count). The Balaban J connectivity index is 1.50. The molecule has 4 aromatic rings. The van der Waals surface area contributed by atoms with Crippen LogP contribution in [0, 0.1) is 0 Å². The van der Waals surface area contributed by atoms with E-state index < -0.39 is 6.43 Å². The summed E-state index contributed by atoms with van der Waals surface area (Å²) < 4.78 is 43.8. The van der Waals surface area contributed by atoms with Gasteiger partial charge in [-0.25, -0.2) is 13.8 Å². The predicted octanol–water partition coefficient (Wildman–Crippen LogP) is 5.42. The fraction of sp³-hybridized carbons (Fsp3) is 0.444. The summed E-state index contributed by atoms with van der Waals surface area (Å²) in [5.74, 6) is 0.975. The molecule has 1 N–H and O–H groups in total. The van der Waals surface area contributed by atoms with E-state index in [0.717, 1.165) is 12.1 Å². The number of carbonyl (C=O) groups is 1. The van der Waals surface area contributed by atoms with Gasteiger partial charge in [0.1, 0.15) is 17.0 Å². The number of hydrogen-bond acceptors (Lipinski definition) is 8. The average molecular weight is 540 g/mol. The predicted molar refractivity (Wildman–Crippen MR) is 141 cm³/mol. The number of aromatic nitrogens is 6. The average Bonchev–Trinajstić information content (AvgIpc) is 3.59. The lowest BCUT2D eigenvalue weighted by molar-refractivity contribution is -0.116. The summed E-state index contributed by atoms with van der Waals surface area (Å²) >= 11 is 0. The minimum atomic E-state index is -2.86. The van der Waals surface area contributed by atoms with Crippen LogP contribution in [0.3, 0.4) is 0 Å². The maximum Gasteiger partial charge on any atom is 0.269 e. The molecule has 1 atom stereocenters. The molecule has 1 unspecified atom stereocenters. The second-order valence-electron chi connectivity index (χ2n) is 10.7. The fourth-order valence-electron chi connectivity index (χ4n) is 4.71. The summed E-state index contributed by atoms with van der Waals surface area (Å²) in [5.41, 5.74) is 1.30. The van der Waals surface area contributed by atoms with Crippen molar-refractivity contribution in [1.82, 2.24) is 29.3 Å². The number of nitrogens with zero attached hydrogens (tertiary/aromatic N) is 6. The van der Waals surface area contributed by atoms with Gasteiger partial charge in [0.15, 0.2) is 17.2 Å².